The molecule has 0 saturated heterocycles. The van der Waals surface area contributed by atoms with E-state index < -0.39 is 0 Å². The molecule has 0 radical (unpaired) electrons. The van der Waals surface area contributed by atoms with Gasteiger partial charge in [0.15, 0.2) is 0 Å². The summed E-state index contributed by atoms with van der Waals surface area (Å²) in [6, 6.07) is 0. The lowest BCUT2D eigenvalue weighted by molar-refractivity contribution is -0.130. The van der Waals surface area contributed by atoms with Crippen molar-refractivity contribution in [3.05, 3.63) is 0 Å². The first-order valence-corrected chi connectivity index (χ1v) is 5.14. The van der Waals surface area contributed by atoms with Gasteiger partial charge in [0.2, 0.25) is 0 Å². The second kappa shape index (κ2) is 5.38. The molecule has 2 nitrogen and oxygen atoms in total. The van der Waals surface area contributed by atoms with E-state index in [9.17, 15) is 4.79 Å². The molecule has 2 N–H and O–H groups in total. The number of carbonyl (C=O) groups is 1. The molecule has 0 fully saturated rings. The van der Waals surface area contributed by atoms with Gasteiger partial charge < -0.3 is 5.73 Å². The highest BCUT2D eigenvalue weighted by molar-refractivity contribution is 5.85. The predicted octanol–water partition coefficient (Wildman–Crippen LogP) is 2.37. The summed E-state index contributed by atoms with van der Waals surface area (Å²) in [4.78, 5) is 11.7. The van der Waals surface area contributed by atoms with E-state index in [1.54, 1.807) is 0 Å². The third kappa shape index (κ3) is 5.04. The highest BCUT2D eigenvalue weighted by Crippen LogP contribution is 2.22. The molecular formula is C11H23NO. The van der Waals surface area contributed by atoms with E-state index in [4.69, 9.17) is 5.73 Å². The molecule has 0 aliphatic heterocycles. The van der Waals surface area contributed by atoms with E-state index in [-0.39, 0.29) is 11.3 Å². The molecule has 0 saturated carbocycles. The summed E-state index contributed by atoms with van der Waals surface area (Å²) in [5, 5.41) is 0. The second-order valence-electron chi connectivity index (χ2n) is 4.80. The van der Waals surface area contributed by atoms with Crippen molar-refractivity contribution in [2.45, 2.75) is 47.0 Å². The lowest BCUT2D eigenvalue weighted by Crippen LogP contribution is -2.26. The highest BCUT2D eigenvalue weighted by Gasteiger charge is 2.25. The molecule has 0 aliphatic rings. The van der Waals surface area contributed by atoms with Crippen molar-refractivity contribution in [1.29, 1.82) is 0 Å². The van der Waals surface area contributed by atoms with Crippen molar-refractivity contribution < 1.29 is 4.79 Å². The molecule has 0 aromatic heterocycles. The summed E-state index contributed by atoms with van der Waals surface area (Å²) in [7, 11) is 0. The van der Waals surface area contributed by atoms with Crippen molar-refractivity contribution >= 4 is 5.78 Å². The molecule has 0 aliphatic carbocycles. The Morgan fingerprint density at radius 2 is 1.85 bits per heavy atom. The minimum Gasteiger partial charge on any atom is -0.330 e. The van der Waals surface area contributed by atoms with Gasteiger partial charge in [-0.25, -0.2) is 0 Å². The van der Waals surface area contributed by atoms with Gasteiger partial charge in [-0.2, -0.15) is 0 Å². The number of rotatable bonds is 5. The molecule has 78 valence electrons. The number of hydrogen-bond acceptors (Lipinski definition) is 2. The third-order valence-electron chi connectivity index (χ3n) is 2.28. The third-order valence-corrected chi connectivity index (χ3v) is 2.28. The van der Waals surface area contributed by atoms with E-state index in [0.717, 1.165) is 25.8 Å². The van der Waals surface area contributed by atoms with Gasteiger partial charge in [0, 0.05) is 11.3 Å². The van der Waals surface area contributed by atoms with Crippen LogP contribution in [0.25, 0.3) is 0 Å². The number of nitrogens with two attached hydrogens (primary N) is 1. The van der Waals surface area contributed by atoms with E-state index in [2.05, 4.69) is 0 Å². The topological polar surface area (TPSA) is 43.1 Å². The van der Waals surface area contributed by atoms with Gasteiger partial charge in [-0.05, 0) is 19.4 Å². The molecule has 0 aromatic rings. The molecule has 0 aromatic carbocycles. The lowest BCUT2D eigenvalue weighted by Gasteiger charge is -2.21. The first-order chi connectivity index (χ1) is 5.89. The number of carbonyl (C=O) groups excluding carboxylic acids is 1. The monoisotopic (exact) mass is 185 g/mol. The molecule has 0 heterocycles. The molecule has 0 bridgehead atoms. The summed E-state index contributed by atoms with van der Waals surface area (Å²) in [6.07, 6.45) is 3.08. The maximum Gasteiger partial charge on any atom is 0.140 e. The fourth-order valence-corrected chi connectivity index (χ4v) is 1.47. The minimum absolute atomic E-state index is 0.187. The zero-order chi connectivity index (χ0) is 10.5. The largest absolute Gasteiger partial charge is 0.330 e. The Hall–Kier alpha value is -0.370. The van der Waals surface area contributed by atoms with Crippen LogP contribution >= 0.6 is 0 Å². The summed E-state index contributed by atoms with van der Waals surface area (Å²) < 4.78 is 0. The van der Waals surface area contributed by atoms with Crippen LogP contribution in [-0.2, 0) is 4.79 Å². The van der Waals surface area contributed by atoms with Gasteiger partial charge in [0.25, 0.3) is 0 Å². The fraction of sp³-hybridized carbons (Fsp3) is 0.909. The Morgan fingerprint density at radius 3 is 2.23 bits per heavy atom. The second-order valence-corrected chi connectivity index (χ2v) is 4.80. The Labute approximate surface area is 81.9 Å². The average molecular weight is 185 g/mol. The summed E-state index contributed by atoms with van der Waals surface area (Å²) in [6.45, 7) is 8.69. The van der Waals surface area contributed by atoms with Gasteiger partial charge >= 0.3 is 0 Å². The van der Waals surface area contributed by atoms with Crippen LogP contribution in [0, 0.1) is 11.3 Å². The zero-order valence-electron chi connectivity index (χ0n) is 9.39. The first-order valence-electron chi connectivity index (χ1n) is 5.14. The van der Waals surface area contributed by atoms with Gasteiger partial charge in [-0.3, -0.25) is 4.79 Å². The maximum atomic E-state index is 11.7. The molecule has 13 heavy (non-hydrogen) atoms. The smallest absolute Gasteiger partial charge is 0.140 e. The Kier molecular flexibility index (Phi) is 5.23. The number of unbranched alkanes of at least 4 members (excludes halogenated alkanes) is 1. The SMILES string of the molecule is CC(CCCCN)C(=O)C(C)(C)C. The molecular weight excluding hydrogens is 162 g/mol. The van der Waals surface area contributed by atoms with Gasteiger partial charge in [-0.1, -0.05) is 34.1 Å². The Bertz CT molecular complexity index is 158. The van der Waals surface area contributed by atoms with Crippen molar-refractivity contribution in [2.75, 3.05) is 6.54 Å². The van der Waals surface area contributed by atoms with Crippen LogP contribution in [0.15, 0.2) is 0 Å². The van der Waals surface area contributed by atoms with Gasteiger partial charge in [0.05, 0.1) is 0 Å². The van der Waals surface area contributed by atoms with Crippen LogP contribution in [0.3, 0.4) is 0 Å². The van der Waals surface area contributed by atoms with E-state index in [1.165, 1.54) is 0 Å². The molecule has 1 atom stereocenters. The molecule has 2 heteroatoms. The van der Waals surface area contributed by atoms with E-state index >= 15 is 0 Å². The van der Waals surface area contributed by atoms with Crippen molar-refractivity contribution in [2.24, 2.45) is 17.1 Å². The molecule has 0 spiro atoms. The Balaban J connectivity index is 3.84. The number of hydrogen-bond donors (Lipinski definition) is 1. The highest BCUT2D eigenvalue weighted by atomic mass is 16.1. The van der Waals surface area contributed by atoms with Crippen LogP contribution in [-0.4, -0.2) is 12.3 Å². The van der Waals surface area contributed by atoms with E-state index in [0.29, 0.717) is 5.78 Å². The number of ketones is 1. The molecule has 0 amide bonds. The average Bonchev–Trinajstić information content (AvgIpc) is 2.01. The van der Waals surface area contributed by atoms with Crippen molar-refractivity contribution in [3.63, 3.8) is 0 Å². The first kappa shape index (κ1) is 12.6. The lowest BCUT2D eigenvalue weighted by atomic mass is 9.82. The van der Waals surface area contributed by atoms with Crippen LogP contribution in [0.5, 0.6) is 0 Å². The molecule has 1 unspecified atom stereocenters. The standard InChI is InChI=1S/C11H23NO/c1-9(7-5-6-8-12)10(13)11(2,3)4/h9H,5-8,12H2,1-4H3. The van der Waals surface area contributed by atoms with Crippen LogP contribution in [0.2, 0.25) is 0 Å². The number of Topliss-reactive ketones (excluding diaryl/α,β-unsaturated/α-hetero) is 1. The molecule has 0 rings (SSSR count). The summed E-state index contributed by atoms with van der Waals surface area (Å²) in [5.74, 6) is 0.552. The van der Waals surface area contributed by atoms with Crippen LogP contribution in [0.4, 0.5) is 0 Å². The van der Waals surface area contributed by atoms with Gasteiger partial charge in [0.1, 0.15) is 5.78 Å². The normalized spacial score (nSPS) is 14.2. The predicted molar refractivity (Wildman–Crippen MR) is 56.5 cm³/mol. The quantitative estimate of drug-likeness (QED) is 0.668. The van der Waals surface area contributed by atoms with Crippen molar-refractivity contribution in [3.8, 4) is 0 Å². The summed E-state index contributed by atoms with van der Waals surface area (Å²) in [5.41, 5.74) is 5.20. The van der Waals surface area contributed by atoms with Crippen molar-refractivity contribution in [1.82, 2.24) is 0 Å². The minimum atomic E-state index is -0.192. The zero-order valence-corrected chi connectivity index (χ0v) is 9.39. The Morgan fingerprint density at radius 1 is 1.31 bits per heavy atom. The fourth-order valence-electron chi connectivity index (χ4n) is 1.47. The van der Waals surface area contributed by atoms with E-state index in [1.807, 2.05) is 27.7 Å². The maximum absolute atomic E-state index is 11.7. The van der Waals surface area contributed by atoms with Gasteiger partial charge in [-0.15, -0.1) is 0 Å². The van der Waals surface area contributed by atoms with Crippen LogP contribution in [0.1, 0.15) is 47.0 Å². The van der Waals surface area contributed by atoms with Crippen LogP contribution < -0.4 is 5.73 Å². The summed E-state index contributed by atoms with van der Waals surface area (Å²) >= 11 is 0.